The second-order valence-electron chi connectivity index (χ2n) is 5.87. The molecule has 2 heterocycles. The van der Waals surface area contributed by atoms with Gasteiger partial charge in [0.1, 0.15) is 35.6 Å². The molecule has 0 saturated carbocycles. The normalized spacial score (nSPS) is 16.9. The van der Waals surface area contributed by atoms with Gasteiger partial charge in [0.2, 0.25) is 0 Å². The summed E-state index contributed by atoms with van der Waals surface area (Å²) in [6.45, 7) is 1.24. The second kappa shape index (κ2) is 6.70. The molecule has 8 nitrogen and oxygen atoms in total. The first-order valence-electron chi connectivity index (χ1n) is 7.71. The molecule has 0 unspecified atom stereocenters. The molecule has 1 aromatic rings. The molecule has 0 aromatic heterocycles. The zero-order valence-corrected chi connectivity index (χ0v) is 13.3. The number of likely N-dealkylation sites (tertiary alicyclic amines) is 1. The number of benzene rings is 1. The van der Waals surface area contributed by atoms with Crippen molar-refractivity contribution in [3.05, 3.63) is 23.3 Å². The van der Waals surface area contributed by atoms with Gasteiger partial charge in [-0.25, -0.2) is 4.79 Å². The van der Waals surface area contributed by atoms with Crippen LogP contribution in [0.2, 0.25) is 6.32 Å². The van der Waals surface area contributed by atoms with E-state index in [1.165, 1.54) is 7.11 Å². The number of nitrogens with zero attached hydrogens (tertiary/aromatic N) is 1. The van der Waals surface area contributed by atoms with Crippen LogP contribution >= 0.6 is 0 Å². The van der Waals surface area contributed by atoms with Gasteiger partial charge in [-0.3, -0.25) is 5.41 Å². The average molecular weight is 334 g/mol. The quantitative estimate of drug-likeness (QED) is 0.408. The Morgan fingerprint density at radius 1 is 1.50 bits per heavy atom. The Morgan fingerprint density at radius 3 is 2.92 bits per heavy atom. The smallest absolute Gasteiger partial charge is 0.522 e. The van der Waals surface area contributed by atoms with Crippen molar-refractivity contribution < 1.29 is 29.1 Å². The third-order valence-corrected chi connectivity index (χ3v) is 4.13. The van der Waals surface area contributed by atoms with Gasteiger partial charge in [-0.2, -0.15) is 0 Å². The molecule has 1 aromatic carbocycles. The predicted molar refractivity (Wildman–Crippen MR) is 86.1 cm³/mol. The Hall–Kier alpha value is -2.26. The van der Waals surface area contributed by atoms with E-state index in [-0.39, 0.29) is 29.8 Å². The Bertz CT molecular complexity index is 662. The Kier molecular flexibility index (Phi) is 4.63. The lowest BCUT2D eigenvalue weighted by molar-refractivity contribution is 0.0560. The zero-order chi connectivity index (χ0) is 17.3. The third-order valence-electron chi connectivity index (χ3n) is 4.13. The molecule has 0 spiro atoms. The van der Waals surface area contributed by atoms with E-state index in [9.17, 15) is 14.9 Å². The number of hydrogen-bond acceptors (Lipinski definition) is 6. The Morgan fingerprint density at radius 2 is 2.25 bits per heavy atom. The molecule has 2 aliphatic heterocycles. The number of fused-ring (bicyclic) bond motifs is 1. The first-order chi connectivity index (χ1) is 11.5. The summed E-state index contributed by atoms with van der Waals surface area (Å²) >= 11 is 0. The summed E-state index contributed by atoms with van der Waals surface area (Å²) in [4.78, 5) is 13.4. The van der Waals surface area contributed by atoms with Crippen LogP contribution in [0.5, 0.6) is 11.5 Å². The fourth-order valence-corrected chi connectivity index (χ4v) is 2.85. The lowest BCUT2D eigenvalue weighted by Crippen LogP contribution is -2.56. The fourth-order valence-electron chi connectivity index (χ4n) is 2.85. The zero-order valence-electron chi connectivity index (χ0n) is 13.3. The number of aryl methyl sites for hydroxylation is 1. The minimum absolute atomic E-state index is 0.0586. The molecule has 9 heteroatoms. The van der Waals surface area contributed by atoms with Crippen LogP contribution in [-0.4, -0.2) is 66.9 Å². The first kappa shape index (κ1) is 16.6. The third kappa shape index (κ3) is 3.18. The van der Waals surface area contributed by atoms with Crippen molar-refractivity contribution in [1.29, 1.82) is 5.41 Å². The molecule has 0 atom stereocenters. The van der Waals surface area contributed by atoms with Crippen LogP contribution in [0.4, 0.5) is 0 Å². The van der Waals surface area contributed by atoms with E-state index in [4.69, 9.17) is 19.5 Å². The summed E-state index contributed by atoms with van der Waals surface area (Å²) < 4.78 is 16.0. The van der Waals surface area contributed by atoms with Crippen molar-refractivity contribution in [1.82, 2.24) is 4.90 Å². The van der Waals surface area contributed by atoms with Gasteiger partial charge >= 0.3 is 13.1 Å². The molecule has 128 valence electrons. The number of methoxy groups -OCH3 is 1. The van der Waals surface area contributed by atoms with Gasteiger partial charge in [0.05, 0.1) is 13.1 Å². The standard InChI is InChI=1S/C15H19BN2O6/c1-22-8-12(17)18-6-10(7-18)23-11-3-2-9-4-5-16(21)24-14(9)13(11)15(19)20/h2-3,10,17,21H,4-8H2,1H3,(H,19,20). The molecule has 1 saturated heterocycles. The average Bonchev–Trinajstić information content (AvgIpc) is 2.49. The van der Waals surface area contributed by atoms with Crippen LogP contribution in [0.15, 0.2) is 12.1 Å². The van der Waals surface area contributed by atoms with Crippen LogP contribution in [-0.2, 0) is 11.2 Å². The number of carboxylic acid groups (broad SMARTS) is 1. The van der Waals surface area contributed by atoms with Crippen molar-refractivity contribution in [3.8, 4) is 11.5 Å². The summed E-state index contributed by atoms with van der Waals surface area (Å²) in [5.41, 5.74) is 0.693. The molecular formula is C15H19BN2O6. The van der Waals surface area contributed by atoms with E-state index in [1.807, 2.05) is 0 Å². The van der Waals surface area contributed by atoms with E-state index in [0.717, 1.165) is 5.56 Å². The van der Waals surface area contributed by atoms with Gasteiger partial charge in [-0.15, -0.1) is 0 Å². The largest absolute Gasteiger partial charge is 0.535 e. The number of carbonyl (C=O) groups is 1. The summed E-state index contributed by atoms with van der Waals surface area (Å²) in [5, 5.41) is 26.9. The van der Waals surface area contributed by atoms with Crippen molar-refractivity contribution >= 4 is 18.9 Å². The summed E-state index contributed by atoms with van der Waals surface area (Å²) in [7, 11) is 0.530. The van der Waals surface area contributed by atoms with E-state index in [1.54, 1.807) is 17.0 Å². The van der Waals surface area contributed by atoms with Gasteiger partial charge in [-0.05, 0) is 24.4 Å². The maximum Gasteiger partial charge on any atom is 0.522 e. The SMILES string of the molecule is COCC(=N)N1CC(Oc2ccc3c(c2C(=O)O)OB(O)CC3)C1. The van der Waals surface area contributed by atoms with E-state index in [2.05, 4.69) is 0 Å². The van der Waals surface area contributed by atoms with Gasteiger partial charge in [0.25, 0.3) is 0 Å². The summed E-state index contributed by atoms with van der Waals surface area (Å²) in [6.07, 6.45) is 0.792. The van der Waals surface area contributed by atoms with Gasteiger partial charge in [0.15, 0.2) is 0 Å². The summed E-state index contributed by atoms with van der Waals surface area (Å²) in [6, 6.07) is 3.40. The molecule has 1 fully saturated rings. The number of amidine groups is 1. The van der Waals surface area contributed by atoms with Crippen molar-refractivity contribution in [2.45, 2.75) is 18.8 Å². The van der Waals surface area contributed by atoms with Crippen LogP contribution in [0, 0.1) is 5.41 Å². The highest BCUT2D eigenvalue weighted by atomic mass is 16.5. The molecule has 24 heavy (non-hydrogen) atoms. The molecule has 2 aliphatic rings. The minimum Gasteiger partial charge on any atom is -0.535 e. The fraction of sp³-hybridized carbons (Fsp3) is 0.467. The lowest BCUT2D eigenvalue weighted by atomic mass is 9.78. The maximum absolute atomic E-state index is 11.6. The molecule has 0 aliphatic carbocycles. The topological polar surface area (TPSA) is 112 Å². The molecule has 0 bridgehead atoms. The molecule has 3 N–H and O–H groups in total. The number of hydrogen-bond donors (Lipinski definition) is 3. The number of nitrogens with one attached hydrogen (secondary N) is 1. The molecular weight excluding hydrogens is 315 g/mol. The molecule has 0 amide bonds. The van der Waals surface area contributed by atoms with Crippen LogP contribution in [0.3, 0.4) is 0 Å². The van der Waals surface area contributed by atoms with Gasteiger partial charge in [0, 0.05) is 7.11 Å². The Labute approximate surface area is 139 Å². The second-order valence-corrected chi connectivity index (χ2v) is 5.87. The highest BCUT2D eigenvalue weighted by molar-refractivity contribution is 6.44. The predicted octanol–water partition coefficient (Wildman–Crippen LogP) is 0.487. The van der Waals surface area contributed by atoms with Crippen molar-refractivity contribution in [2.75, 3.05) is 26.8 Å². The van der Waals surface area contributed by atoms with Gasteiger partial charge < -0.3 is 29.2 Å². The van der Waals surface area contributed by atoms with E-state index < -0.39 is 13.1 Å². The van der Waals surface area contributed by atoms with E-state index in [0.29, 0.717) is 31.7 Å². The monoisotopic (exact) mass is 334 g/mol. The first-order valence-corrected chi connectivity index (χ1v) is 7.71. The van der Waals surface area contributed by atoms with E-state index >= 15 is 0 Å². The van der Waals surface area contributed by atoms with Gasteiger partial charge in [-0.1, -0.05) is 6.07 Å². The maximum atomic E-state index is 11.6. The molecule has 0 radical (unpaired) electrons. The molecule has 3 rings (SSSR count). The highest BCUT2D eigenvalue weighted by Gasteiger charge is 2.34. The number of ether oxygens (including phenoxy) is 2. The number of carboxylic acids is 1. The van der Waals surface area contributed by atoms with Crippen LogP contribution < -0.4 is 9.39 Å². The summed E-state index contributed by atoms with van der Waals surface area (Å²) in [5.74, 6) is -0.382. The minimum atomic E-state index is -1.15. The van der Waals surface area contributed by atoms with Crippen molar-refractivity contribution in [2.24, 2.45) is 0 Å². The van der Waals surface area contributed by atoms with Crippen LogP contribution in [0.1, 0.15) is 15.9 Å². The van der Waals surface area contributed by atoms with Crippen LogP contribution in [0.25, 0.3) is 0 Å². The lowest BCUT2D eigenvalue weighted by Gasteiger charge is -2.40. The number of rotatable bonds is 5. The number of aromatic carboxylic acids is 1. The Balaban J connectivity index is 1.74. The van der Waals surface area contributed by atoms with Crippen molar-refractivity contribution in [3.63, 3.8) is 0 Å². The highest BCUT2D eigenvalue weighted by Crippen LogP contribution is 2.37.